The fourth-order valence-electron chi connectivity index (χ4n) is 5.35. The molecule has 0 N–H and O–H groups in total. The van der Waals surface area contributed by atoms with Crippen molar-refractivity contribution in [3.8, 4) is 22.8 Å². The van der Waals surface area contributed by atoms with Crippen LogP contribution in [0.5, 0.6) is 11.5 Å². The second-order valence-electron chi connectivity index (χ2n) is 10.7. The molecule has 2 heterocycles. The predicted molar refractivity (Wildman–Crippen MR) is 174 cm³/mol. The normalized spacial score (nSPS) is 14.6. The van der Waals surface area contributed by atoms with Crippen LogP contribution >= 0.6 is 11.6 Å². The molecule has 1 saturated heterocycles. The van der Waals surface area contributed by atoms with Gasteiger partial charge in [0, 0.05) is 48.9 Å². The van der Waals surface area contributed by atoms with Gasteiger partial charge in [0.2, 0.25) is 15.9 Å². The Labute approximate surface area is 269 Å². The summed E-state index contributed by atoms with van der Waals surface area (Å²) in [5.41, 5.74) is 2.26. The number of ether oxygens (including phenoxy) is 2. The van der Waals surface area contributed by atoms with Gasteiger partial charge >= 0.3 is 0 Å². The molecule has 45 heavy (non-hydrogen) atoms. The van der Waals surface area contributed by atoms with Crippen LogP contribution in [0.1, 0.15) is 24.9 Å². The Bertz CT molecular complexity index is 1710. The van der Waals surface area contributed by atoms with Crippen LogP contribution < -0.4 is 14.4 Å². The van der Waals surface area contributed by atoms with Crippen molar-refractivity contribution in [2.45, 2.75) is 24.3 Å². The number of carbonyl (C=O) groups is 1. The maximum Gasteiger partial charge on any atom is 0.244 e. The Hall–Kier alpha value is -4.19. The average Bonchev–Trinajstić information content (AvgIpc) is 3.34. The summed E-state index contributed by atoms with van der Waals surface area (Å²) in [7, 11) is -0.818. The summed E-state index contributed by atoms with van der Waals surface area (Å²) in [6, 6.07) is 24.1. The maximum absolute atomic E-state index is 13.9. The first kappa shape index (κ1) is 32.2. The highest BCUT2D eigenvalue weighted by Crippen LogP contribution is 2.33. The fourth-order valence-corrected chi connectivity index (χ4v) is 7.04. The van der Waals surface area contributed by atoms with E-state index in [-0.39, 0.29) is 17.3 Å². The molecule has 1 atom stereocenters. The van der Waals surface area contributed by atoms with Crippen LogP contribution in [0.25, 0.3) is 11.3 Å². The Morgan fingerprint density at radius 2 is 1.67 bits per heavy atom. The molecule has 0 unspecified atom stereocenters. The number of benzene rings is 3. The van der Waals surface area contributed by atoms with Crippen molar-refractivity contribution in [2.24, 2.45) is 0 Å². The van der Waals surface area contributed by atoms with Gasteiger partial charge < -0.3 is 19.3 Å². The van der Waals surface area contributed by atoms with E-state index in [2.05, 4.69) is 15.1 Å². The number of rotatable bonds is 10. The lowest BCUT2D eigenvalue weighted by molar-refractivity contribution is -0.131. The number of hydrogen-bond donors (Lipinski definition) is 0. The first-order valence-electron chi connectivity index (χ1n) is 14.6. The smallest absolute Gasteiger partial charge is 0.244 e. The predicted octanol–water partition coefficient (Wildman–Crippen LogP) is 5.31. The first-order chi connectivity index (χ1) is 21.7. The van der Waals surface area contributed by atoms with Gasteiger partial charge in [0.05, 0.1) is 31.4 Å². The van der Waals surface area contributed by atoms with Crippen molar-refractivity contribution in [1.82, 2.24) is 19.4 Å². The molecule has 0 bridgehead atoms. The molecule has 0 spiro atoms. The molecule has 3 aromatic carbocycles. The quantitative estimate of drug-likeness (QED) is 0.228. The van der Waals surface area contributed by atoms with Crippen LogP contribution in [-0.4, -0.2) is 80.7 Å². The van der Waals surface area contributed by atoms with E-state index in [4.69, 9.17) is 21.1 Å². The Morgan fingerprint density at radius 3 is 2.33 bits per heavy atom. The van der Waals surface area contributed by atoms with Crippen LogP contribution in [0.15, 0.2) is 89.8 Å². The van der Waals surface area contributed by atoms with E-state index in [0.29, 0.717) is 60.6 Å². The van der Waals surface area contributed by atoms with E-state index >= 15 is 0 Å². The van der Waals surface area contributed by atoms with Gasteiger partial charge in [-0.05, 0) is 67.4 Å². The number of carbonyl (C=O) groups excluding carboxylic acids is 1. The van der Waals surface area contributed by atoms with E-state index in [1.54, 1.807) is 32.1 Å². The second kappa shape index (κ2) is 14.3. The molecule has 0 radical (unpaired) electrons. The molecule has 1 fully saturated rings. The fraction of sp³-hybridized carbons (Fsp3) is 0.303. The molecule has 10 nitrogen and oxygen atoms in total. The number of sulfonamides is 1. The largest absolute Gasteiger partial charge is 0.497 e. The molecule has 12 heteroatoms. The van der Waals surface area contributed by atoms with E-state index in [0.717, 1.165) is 11.1 Å². The molecule has 1 aliphatic heterocycles. The molecule has 4 aromatic rings. The summed E-state index contributed by atoms with van der Waals surface area (Å²) >= 11 is 6.02. The summed E-state index contributed by atoms with van der Waals surface area (Å²) in [5, 5.41) is 9.35. The van der Waals surface area contributed by atoms with E-state index in [9.17, 15) is 13.2 Å². The van der Waals surface area contributed by atoms with Crippen LogP contribution in [0.3, 0.4) is 0 Å². The van der Waals surface area contributed by atoms with Crippen molar-refractivity contribution in [3.63, 3.8) is 0 Å². The molecule has 5 rings (SSSR count). The standard InChI is InChI=1S/C33H36ClN5O5S/c1-24(25-8-5-4-6-9-25)39(45(41,42)28-13-10-26(34)11-14-28)23-33(40)38-19-7-18-37(20-21-38)32-17-16-30(35-36-32)29-15-12-27(43-2)22-31(29)44-3/h4-6,8-17,22,24H,7,18-21,23H2,1-3H3/t24-/m1/s1. The molecular weight excluding hydrogens is 614 g/mol. The third kappa shape index (κ3) is 7.38. The average molecular weight is 650 g/mol. The number of halogens is 1. The SMILES string of the molecule is COc1ccc(-c2ccc(N3CCCN(C(=O)CN([C@H](C)c4ccccc4)S(=O)(=O)c4ccc(Cl)cc4)CC3)nn2)c(OC)c1. The Morgan fingerprint density at radius 1 is 0.911 bits per heavy atom. The molecule has 1 amide bonds. The molecule has 0 aliphatic carbocycles. The third-order valence-electron chi connectivity index (χ3n) is 7.93. The number of anilines is 1. The van der Waals surface area contributed by atoms with Crippen LogP contribution in [-0.2, 0) is 14.8 Å². The summed E-state index contributed by atoms with van der Waals surface area (Å²) in [6.45, 7) is 3.63. The minimum Gasteiger partial charge on any atom is -0.497 e. The highest BCUT2D eigenvalue weighted by molar-refractivity contribution is 7.89. The number of hydrogen-bond acceptors (Lipinski definition) is 8. The molecular formula is C33H36ClN5O5S. The zero-order chi connectivity index (χ0) is 32.0. The minimum absolute atomic E-state index is 0.0822. The Balaban J connectivity index is 1.30. The second-order valence-corrected chi connectivity index (χ2v) is 13.0. The monoisotopic (exact) mass is 649 g/mol. The van der Waals surface area contributed by atoms with Crippen molar-refractivity contribution < 1.29 is 22.7 Å². The maximum atomic E-state index is 13.9. The highest BCUT2D eigenvalue weighted by atomic mass is 35.5. The van der Waals surface area contributed by atoms with Crippen molar-refractivity contribution in [2.75, 3.05) is 51.8 Å². The number of amides is 1. The van der Waals surface area contributed by atoms with Crippen molar-refractivity contribution in [3.05, 3.63) is 95.5 Å². The van der Waals surface area contributed by atoms with Crippen LogP contribution in [0.2, 0.25) is 5.02 Å². The van der Waals surface area contributed by atoms with Gasteiger partial charge in [0.15, 0.2) is 5.82 Å². The first-order valence-corrected chi connectivity index (χ1v) is 16.4. The Kier molecular flexibility index (Phi) is 10.2. The van der Waals surface area contributed by atoms with E-state index in [1.165, 1.54) is 28.6 Å². The van der Waals surface area contributed by atoms with Crippen molar-refractivity contribution in [1.29, 1.82) is 0 Å². The summed E-state index contributed by atoms with van der Waals surface area (Å²) in [5.74, 6) is 1.76. The van der Waals surface area contributed by atoms with Gasteiger partial charge in [-0.1, -0.05) is 41.9 Å². The van der Waals surface area contributed by atoms with Gasteiger partial charge in [-0.15, -0.1) is 10.2 Å². The number of methoxy groups -OCH3 is 2. The van der Waals surface area contributed by atoms with Gasteiger partial charge in [-0.3, -0.25) is 4.79 Å². The van der Waals surface area contributed by atoms with Gasteiger partial charge in [0.1, 0.15) is 11.5 Å². The highest BCUT2D eigenvalue weighted by Gasteiger charge is 2.33. The lowest BCUT2D eigenvalue weighted by Gasteiger charge is -2.31. The molecule has 0 saturated carbocycles. The molecule has 236 valence electrons. The minimum atomic E-state index is -4.02. The number of aromatic nitrogens is 2. The topological polar surface area (TPSA) is 105 Å². The molecule has 1 aromatic heterocycles. The van der Waals surface area contributed by atoms with Crippen LogP contribution in [0, 0.1) is 0 Å². The third-order valence-corrected chi connectivity index (χ3v) is 10.1. The summed E-state index contributed by atoms with van der Waals surface area (Å²) in [4.78, 5) is 17.6. The lowest BCUT2D eigenvalue weighted by Crippen LogP contribution is -2.45. The zero-order valence-electron chi connectivity index (χ0n) is 25.5. The van der Waals surface area contributed by atoms with Crippen LogP contribution in [0.4, 0.5) is 5.82 Å². The molecule has 1 aliphatic rings. The van der Waals surface area contributed by atoms with Gasteiger partial charge in [0.25, 0.3) is 0 Å². The van der Waals surface area contributed by atoms with E-state index < -0.39 is 16.1 Å². The van der Waals surface area contributed by atoms with Gasteiger partial charge in [-0.25, -0.2) is 8.42 Å². The van der Waals surface area contributed by atoms with E-state index in [1.807, 2.05) is 54.6 Å². The number of nitrogens with zero attached hydrogens (tertiary/aromatic N) is 5. The zero-order valence-corrected chi connectivity index (χ0v) is 27.0. The lowest BCUT2D eigenvalue weighted by atomic mass is 10.1. The summed E-state index contributed by atoms with van der Waals surface area (Å²) < 4.78 is 39.8. The van der Waals surface area contributed by atoms with Gasteiger partial charge in [-0.2, -0.15) is 4.31 Å². The van der Waals surface area contributed by atoms with Crippen molar-refractivity contribution >= 4 is 33.3 Å². The summed E-state index contributed by atoms with van der Waals surface area (Å²) in [6.07, 6.45) is 0.694.